The second kappa shape index (κ2) is 14.3. The van der Waals surface area contributed by atoms with Crippen LogP contribution in [0.4, 0.5) is 0 Å². The number of hydrogen-bond acceptors (Lipinski definition) is 5. The summed E-state index contributed by atoms with van der Waals surface area (Å²) in [6.45, 7) is 14.5. The van der Waals surface area contributed by atoms with E-state index < -0.39 is 8.07 Å². The Labute approximate surface area is 190 Å². The van der Waals surface area contributed by atoms with Crippen molar-refractivity contribution in [2.45, 2.75) is 65.7 Å². The second-order valence-electron chi connectivity index (χ2n) is 9.18. The highest BCUT2D eigenvalue weighted by atomic mass is 28.3. The summed E-state index contributed by atoms with van der Waals surface area (Å²) in [6, 6.07) is 4.88. The van der Waals surface area contributed by atoms with Gasteiger partial charge in [-0.1, -0.05) is 42.9 Å². The van der Waals surface area contributed by atoms with Crippen molar-refractivity contribution < 1.29 is 23.7 Å². The Morgan fingerprint density at radius 1 is 0.935 bits per heavy atom. The van der Waals surface area contributed by atoms with E-state index in [1.807, 2.05) is 12.1 Å². The molecule has 0 atom stereocenters. The molecule has 0 bridgehead atoms. The van der Waals surface area contributed by atoms with E-state index in [0.29, 0.717) is 24.5 Å². The number of allylic oxidation sites excluding steroid dienone is 4. The third-order valence-electron chi connectivity index (χ3n) is 4.76. The Morgan fingerprint density at radius 3 is 2.23 bits per heavy atom. The molecule has 1 aromatic carbocycles. The SMILES string of the molecule is COCOc1ccc(OCOCC[Si](C)(C)C)c(OC)c1C/C=C(\C)CCC=C(C)C. The quantitative estimate of drug-likeness (QED) is 0.130. The highest BCUT2D eigenvalue weighted by molar-refractivity contribution is 6.76. The molecular weight excluding hydrogens is 408 g/mol. The van der Waals surface area contributed by atoms with Gasteiger partial charge in [0.15, 0.2) is 25.1 Å². The van der Waals surface area contributed by atoms with Gasteiger partial charge in [-0.15, -0.1) is 0 Å². The van der Waals surface area contributed by atoms with E-state index in [4.69, 9.17) is 23.7 Å². The summed E-state index contributed by atoms with van der Waals surface area (Å²) < 4.78 is 28.2. The minimum Gasteiger partial charge on any atom is -0.492 e. The monoisotopic (exact) mass is 450 g/mol. The van der Waals surface area contributed by atoms with E-state index in [2.05, 4.69) is 52.6 Å². The van der Waals surface area contributed by atoms with E-state index in [1.165, 1.54) is 11.1 Å². The lowest BCUT2D eigenvalue weighted by atomic mass is 10.0. The molecule has 1 aromatic rings. The van der Waals surface area contributed by atoms with Gasteiger partial charge in [-0.2, -0.15) is 0 Å². The fraction of sp³-hybridized carbons (Fsp3) is 0.600. The van der Waals surface area contributed by atoms with Gasteiger partial charge in [0.25, 0.3) is 0 Å². The van der Waals surface area contributed by atoms with E-state index in [9.17, 15) is 0 Å². The van der Waals surface area contributed by atoms with Crippen LogP contribution in [0.25, 0.3) is 0 Å². The Bertz CT molecular complexity index is 715. The largest absolute Gasteiger partial charge is 0.492 e. The summed E-state index contributed by atoms with van der Waals surface area (Å²) in [5.41, 5.74) is 3.63. The lowest BCUT2D eigenvalue weighted by Gasteiger charge is -2.19. The fourth-order valence-electron chi connectivity index (χ4n) is 2.89. The van der Waals surface area contributed by atoms with Crippen LogP contribution < -0.4 is 14.2 Å². The van der Waals surface area contributed by atoms with E-state index >= 15 is 0 Å². The Hall–Kier alpha value is -1.76. The topological polar surface area (TPSA) is 46.2 Å². The Balaban J connectivity index is 2.92. The normalized spacial score (nSPS) is 11.9. The van der Waals surface area contributed by atoms with Crippen molar-refractivity contribution in [1.29, 1.82) is 0 Å². The molecular formula is C25H42O5Si. The molecule has 0 aliphatic carbocycles. The van der Waals surface area contributed by atoms with Crippen LogP contribution in [0.2, 0.25) is 25.7 Å². The maximum Gasteiger partial charge on any atom is 0.189 e. The molecule has 0 fully saturated rings. The molecule has 0 unspecified atom stereocenters. The lowest BCUT2D eigenvalue weighted by molar-refractivity contribution is 0.0201. The minimum atomic E-state index is -1.11. The lowest BCUT2D eigenvalue weighted by Crippen LogP contribution is -2.22. The van der Waals surface area contributed by atoms with Crippen LogP contribution in [0.15, 0.2) is 35.4 Å². The molecule has 5 nitrogen and oxygen atoms in total. The summed E-state index contributed by atoms with van der Waals surface area (Å²) in [6.07, 6.45) is 7.26. The molecule has 176 valence electrons. The first-order valence-electron chi connectivity index (χ1n) is 11.0. The molecule has 0 aliphatic rings. The number of benzene rings is 1. The van der Waals surface area contributed by atoms with Crippen molar-refractivity contribution in [3.63, 3.8) is 0 Å². The van der Waals surface area contributed by atoms with Crippen LogP contribution in [-0.4, -0.2) is 42.5 Å². The molecule has 0 radical (unpaired) electrons. The van der Waals surface area contributed by atoms with Gasteiger partial charge in [-0.25, -0.2) is 0 Å². The summed E-state index contributed by atoms with van der Waals surface area (Å²) in [4.78, 5) is 0. The fourth-order valence-corrected chi connectivity index (χ4v) is 3.64. The third kappa shape index (κ3) is 11.4. The van der Waals surface area contributed by atoms with Gasteiger partial charge in [0.1, 0.15) is 5.75 Å². The maximum atomic E-state index is 5.89. The van der Waals surface area contributed by atoms with Crippen LogP contribution in [-0.2, 0) is 15.9 Å². The predicted molar refractivity (Wildman–Crippen MR) is 131 cm³/mol. The first-order chi connectivity index (χ1) is 14.7. The summed E-state index contributed by atoms with van der Waals surface area (Å²) in [5, 5.41) is 0. The van der Waals surface area contributed by atoms with E-state index in [0.717, 1.165) is 30.2 Å². The van der Waals surface area contributed by atoms with Gasteiger partial charge in [0.05, 0.1) is 7.11 Å². The zero-order chi connectivity index (χ0) is 23.3. The minimum absolute atomic E-state index is 0.180. The average Bonchev–Trinajstić information content (AvgIpc) is 2.69. The van der Waals surface area contributed by atoms with Crippen molar-refractivity contribution in [2.75, 3.05) is 34.4 Å². The van der Waals surface area contributed by atoms with Crippen molar-refractivity contribution in [3.8, 4) is 17.2 Å². The van der Waals surface area contributed by atoms with Gasteiger partial charge < -0.3 is 23.7 Å². The first-order valence-corrected chi connectivity index (χ1v) is 14.7. The van der Waals surface area contributed by atoms with Gasteiger partial charge >= 0.3 is 0 Å². The van der Waals surface area contributed by atoms with Crippen molar-refractivity contribution in [2.24, 2.45) is 0 Å². The van der Waals surface area contributed by atoms with Crippen LogP contribution in [0, 0.1) is 0 Å². The molecule has 0 aliphatic heterocycles. The molecule has 0 amide bonds. The molecule has 0 N–H and O–H groups in total. The van der Waals surface area contributed by atoms with E-state index in [-0.39, 0.29) is 13.6 Å². The number of rotatable bonds is 15. The molecule has 0 aromatic heterocycles. The van der Waals surface area contributed by atoms with Gasteiger partial charge in [-0.05, 0) is 58.2 Å². The maximum absolute atomic E-state index is 5.89. The smallest absolute Gasteiger partial charge is 0.189 e. The zero-order valence-electron chi connectivity index (χ0n) is 20.8. The second-order valence-corrected chi connectivity index (χ2v) is 14.8. The summed E-state index contributed by atoms with van der Waals surface area (Å²) in [5.74, 6) is 2.07. The number of ether oxygens (including phenoxy) is 5. The Morgan fingerprint density at radius 2 is 1.61 bits per heavy atom. The van der Waals surface area contributed by atoms with Crippen molar-refractivity contribution in [1.82, 2.24) is 0 Å². The highest BCUT2D eigenvalue weighted by Crippen LogP contribution is 2.38. The molecule has 1 rings (SSSR count). The summed E-state index contributed by atoms with van der Waals surface area (Å²) in [7, 11) is 2.15. The van der Waals surface area contributed by atoms with Gasteiger partial charge in [0.2, 0.25) is 0 Å². The van der Waals surface area contributed by atoms with Gasteiger partial charge in [0, 0.05) is 27.4 Å². The average molecular weight is 451 g/mol. The van der Waals surface area contributed by atoms with Crippen molar-refractivity contribution >= 4 is 8.07 Å². The predicted octanol–water partition coefficient (Wildman–Crippen LogP) is 6.60. The first kappa shape index (κ1) is 27.3. The Kier molecular flexibility index (Phi) is 12.6. The third-order valence-corrected chi connectivity index (χ3v) is 6.46. The summed E-state index contributed by atoms with van der Waals surface area (Å²) >= 11 is 0. The molecule has 0 spiro atoms. The number of methoxy groups -OCH3 is 2. The van der Waals surface area contributed by atoms with Crippen molar-refractivity contribution in [3.05, 3.63) is 41.0 Å². The molecule has 0 heterocycles. The molecule has 31 heavy (non-hydrogen) atoms. The van der Waals surface area contributed by atoms with Crippen LogP contribution in [0.1, 0.15) is 39.2 Å². The zero-order valence-corrected chi connectivity index (χ0v) is 21.8. The highest BCUT2D eigenvalue weighted by Gasteiger charge is 2.17. The number of hydrogen-bond donors (Lipinski definition) is 0. The van der Waals surface area contributed by atoms with Gasteiger partial charge in [-0.3, -0.25) is 0 Å². The molecule has 0 saturated carbocycles. The van der Waals surface area contributed by atoms with Crippen LogP contribution >= 0.6 is 0 Å². The standard InChI is InChI=1S/C25H42O5Si/c1-20(2)10-9-11-21(3)12-13-22-23(29-18-26-4)14-15-24(25(22)27-5)30-19-28-16-17-31(6,7)8/h10,12,14-15H,9,11,13,16-19H2,1-8H3/b21-12+. The van der Waals surface area contributed by atoms with Crippen LogP contribution in [0.3, 0.4) is 0 Å². The molecule has 6 heteroatoms. The molecule has 0 saturated heterocycles. The van der Waals surface area contributed by atoms with Crippen LogP contribution in [0.5, 0.6) is 17.2 Å². The van der Waals surface area contributed by atoms with E-state index in [1.54, 1.807) is 14.2 Å².